The van der Waals surface area contributed by atoms with E-state index < -0.39 is 15.8 Å². The summed E-state index contributed by atoms with van der Waals surface area (Å²) in [7, 11) is -2.72. The van der Waals surface area contributed by atoms with E-state index in [-0.39, 0.29) is 53.0 Å². The summed E-state index contributed by atoms with van der Waals surface area (Å²) < 4.78 is 58.3. The molecule has 0 fully saturated rings. The summed E-state index contributed by atoms with van der Waals surface area (Å²) in [4.78, 5) is 7.97. The molecule has 0 saturated heterocycles. The molecule has 0 bridgehead atoms. The van der Waals surface area contributed by atoms with Crippen molar-refractivity contribution < 1.29 is 32.1 Å². The molecule has 0 radical (unpaired) electrons. The fourth-order valence-corrected chi connectivity index (χ4v) is 3.83. The summed E-state index contributed by atoms with van der Waals surface area (Å²) in [6, 6.07) is 10.0. The van der Waals surface area contributed by atoms with E-state index in [9.17, 15) is 12.8 Å². The van der Waals surface area contributed by atoms with E-state index in [1.165, 1.54) is 25.3 Å². The van der Waals surface area contributed by atoms with E-state index in [4.69, 9.17) is 19.3 Å². The molecule has 1 heterocycles. The number of anilines is 1. The van der Waals surface area contributed by atoms with Crippen molar-refractivity contribution in [2.45, 2.75) is 24.7 Å². The Morgan fingerprint density at radius 2 is 1.82 bits per heavy atom. The average molecular weight is 478 g/mol. The van der Waals surface area contributed by atoms with Crippen molar-refractivity contribution in [3.05, 3.63) is 60.2 Å². The molecule has 33 heavy (non-hydrogen) atoms. The number of aliphatic hydroxyl groups excluding tert-OH is 1. The van der Waals surface area contributed by atoms with Crippen LogP contribution in [0.15, 0.2) is 53.7 Å². The minimum atomic E-state index is -4.05. The molecule has 0 atom stereocenters. The molecular weight excluding hydrogens is 453 g/mol. The number of sulfonamides is 1. The molecule has 2 N–H and O–H groups in total. The molecule has 0 aliphatic carbocycles. The van der Waals surface area contributed by atoms with Crippen molar-refractivity contribution >= 4 is 15.8 Å². The number of ether oxygens (including phenoxy) is 3. The van der Waals surface area contributed by atoms with Gasteiger partial charge in [0.15, 0.2) is 17.3 Å². The quantitative estimate of drug-likeness (QED) is 0.453. The predicted octanol–water partition coefficient (Wildman–Crippen LogP) is 3.71. The van der Waals surface area contributed by atoms with Crippen LogP contribution in [0.25, 0.3) is 0 Å². The number of aromatic nitrogens is 2. The van der Waals surface area contributed by atoms with Crippen molar-refractivity contribution in [2.75, 3.05) is 25.0 Å². The molecule has 9 nitrogen and oxygen atoms in total. The van der Waals surface area contributed by atoms with Crippen LogP contribution in [-0.4, -0.2) is 43.8 Å². The number of halogens is 1. The van der Waals surface area contributed by atoms with Crippen LogP contribution in [0, 0.1) is 5.82 Å². The molecule has 0 spiro atoms. The van der Waals surface area contributed by atoms with E-state index >= 15 is 0 Å². The molecule has 0 unspecified atom stereocenters. The minimum Gasteiger partial charge on any atom is -0.493 e. The van der Waals surface area contributed by atoms with Gasteiger partial charge < -0.3 is 19.3 Å². The summed E-state index contributed by atoms with van der Waals surface area (Å²) in [6.07, 6.45) is 1.08. The Morgan fingerprint density at radius 1 is 1.09 bits per heavy atom. The van der Waals surface area contributed by atoms with Crippen molar-refractivity contribution in [1.29, 1.82) is 0 Å². The number of hydrogen-bond donors (Lipinski definition) is 2. The highest BCUT2D eigenvalue weighted by Gasteiger charge is 2.23. The lowest BCUT2D eigenvalue weighted by Gasteiger charge is -2.17. The summed E-state index contributed by atoms with van der Waals surface area (Å²) in [5.74, 6) is -0.692. The van der Waals surface area contributed by atoms with Crippen molar-refractivity contribution in [3.8, 4) is 23.1 Å². The molecule has 3 aromatic rings. The van der Waals surface area contributed by atoms with E-state index in [0.717, 1.165) is 24.0 Å². The van der Waals surface area contributed by atoms with Crippen LogP contribution in [-0.2, 0) is 10.0 Å². The highest BCUT2D eigenvalue weighted by atomic mass is 32.2. The minimum absolute atomic E-state index is 0.0219. The first-order valence-electron chi connectivity index (χ1n) is 9.98. The first-order chi connectivity index (χ1) is 15.7. The van der Waals surface area contributed by atoms with Gasteiger partial charge in [0, 0.05) is 6.07 Å². The van der Waals surface area contributed by atoms with E-state index in [1.54, 1.807) is 12.1 Å². The number of nitrogens with zero attached hydrogens (tertiary/aromatic N) is 2. The summed E-state index contributed by atoms with van der Waals surface area (Å²) >= 11 is 0. The maximum absolute atomic E-state index is 13.6. The van der Waals surface area contributed by atoms with Crippen LogP contribution in [0.1, 0.15) is 25.3 Å². The maximum Gasteiger partial charge on any atom is 0.263 e. The number of rotatable bonds is 10. The van der Waals surface area contributed by atoms with E-state index in [2.05, 4.69) is 14.7 Å². The van der Waals surface area contributed by atoms with Crippen LogP contribution in [0.5, 0.6) is 23.1 Å². The first-order valence-corrected chi connectivity index (χ1v) is 11.5. The fraction of sp³-hybridized carbons (Fsp3) is 0.273. The Morgan fingerprint density at radius 3 is 2.45 bits per heavy atom. The van der Waals surface area contributed by atoms with Gasteiger partial charge in [0.2, 0.25) is 5.75 Å². The number of aliphatic hydroxyl groups is 1. The highest BCUT2D eigenvalue weighted by Crippen LogP contribution is 2.40. The standard InChI is InChI=1S/C22H24FN3O6S/c1-14(2)15-4-7-17(8-5-15)33(28,29)26-21-20(22(25-13-24-21)31-11-10-27)32-18-9-6-16(23)12-19(18)30-3/h4-9,12-14,27H,10-11H2,1-3H3,(H,24,25,26). The lowest BCUT2D eigenvalue weighted by atomic mass is 10.0. The maximum atomic E-state index is 13.6. The number of hydrogen-bond acceptors (Lipinski definition) is 8. The van der Waals surface area contributed by atoms with Crippen LogP contribution >= 0.6 is 0 Å². The largest absolute Gasteiger partial charge is 0.493 e. The Labute approximate surface area is 191 Å². The molecular formula is C22H24FN3O6S. The van der Waals surface area contributed by atoms with Gasteiger partial charge >= 0.3 is 0 Å². The number of nitrogens with one attached hydrogen (secondary N) is 1. The lowest BCUT2D eigenvalue weighted by molar-refractivity contribution is 0.192. The Kier molecular flexibility index (Phi) is 7.67. The normalized spacial score (nSPS) is 11.3. The van der Waals surface area contributed by atoms with Gasteiger partial charge in [0.25, 0.3) is 15.9 Å². The Hall–Kier alpha value is -3.44. The summed E-state index contributed by atoms with van der Waals surface area (Å²) in [5.41, 5.74) is 0.989. The molecule has 176 valence electrons. The van der Waals surface area contributed by atoms with Gasteiger partial charge in [0.1, 0.15) is 18.8 Å². The van der Waals surface area contributed by atoms with Gasteiger partial charge in [-0.2, -0.15) is 4.98 Å². The lowest BCUT2D eigenvalue weighted by Crippen LogP contribution is -2.16. The third kappa shape index (κ3) is 5.88. The predicted molar refractivity (Wildman–Crippen MR) is 119 cm³/mol. The molecule has 2 aromatic carbocycles. The summed E-state index contributed by atoms with van der Waals surface area (Å²) in [6.45, 7) is 3.57. The van der Waals surface area contributed by atoms with Gasteiger partial charge in [-0.25, -0.2) is 17.8 Å². The number of methoxy groups -OCH3 is 1. The second kappa shape index (κ2) is 10.5. The third-order valence-corrected chi connectivity index (χ3v) is 5.88. The molecule has 0 amide bonds. The van der Waals surface area contributed by atoms with E-state index in [1.807, 2.05) is 13.8 Å². The van der Waals surface area contributed by atoms with Crippen LogP contribution < -0.4 is 18.9 Å². The van der Waals surface area contributed by atoms with Crippen molar-refractivity contribution in [3.63, 3.8) is 0 Å². The van der Waals surface area contributed by atoms with Crippen LogP contribution in [0.3, 0.4) is 0 Å². The van der Waals surface area contributed by atoms with Crippen molar-refractivity contribution in [1.82, 2.24) is 9.97 Å². The monoisotopic (exact) mass is 477 g/mol. The highest BCUT2D eigenvalue weighted by molar-refractivity contribution is 7.92. The smallest absolute Gasteiger partial charge is 0.263 e. The second-order valence-electron chi connectivity index (χ2n) is 7.16. The third-order valence-electron chi connectivity index (χ3n) is 4.53. The zero-order chi connectivity index (χ0) is 24.0. The zero-order valence-corrected chi connectivity index (χ0v) is 19.1. The van der Waals surface area contributed by atoms with Crippen molar-refractivity contribution in [2.24, 2.45) is 0 Å². The van der Waals surface area contributed by atoms with Crippen LogP contribution in [0.4, 0.5) is 10.2 Å². The summed E-state index contributed by atoms with van der Waals surface area (Å²) in [5, 5.41) is 9.10. The average Bonchev–Trinajstić information content (AvgIpc) is 2.80. The Balaban J connectivity index is 2.01. The SMILES string of the molecule is COc1cc(F)ccc1Oc1c(NS(=O)(=O)c2ccc(C(C)C)cc2)ncnc1OCCO. The topological polar surface area (TPSA) is 120 Å². The second-order valence-corrected chi connectivity index (χ2v) is 8.84. The molecule has 11 heteroatoms. The fourth-order valence-electron chi connectivity index (χ4n) is 2.82. The van der Waals surface area contributed by atoms with Crippen LogP contribution in [0.2, 0.25) is 0 Å². The van der Waals surface area contributed by atoms with Gasteiger partial charge in [-0.3, -0.25) is 4.72 Å². The van der Waals surface area contributed by atoms with Gasteiger partial charge in [-0.15, -0.1) is 0 Å². The molecule has 0 saturated carbocycles. The first kappa shape index (κ1) is 24.2. The number of benzene rings is 2. The van der Waals surface area contributed by atoms with Gasteiger partial charge in [-0.05, 0) is 35.7 Å². The zero-order valence-electron chi connectivity index (χ0n) is 18.3. The molecule has 3 rings (SSSR count). The molecule has 1 aromatic heterocycles. The molecule has 0 aliphatic heterocycles. The van der Waals surface area contributed by atoms with Gasteiger partial charge in [0.05, 0.1) is 18.6 Å². The van der Waals surface area contributed by atoms with Gasteiger partial charge in [-0.1, -0.05) is 26.0 Å². The van der Waals surface area contributed by atoms with E-state index in [0.29, 0.717) is 0 Å². The molecule has 0 aliphatic rings. The Bertz CT molecular complexity index is 1200.